The summed E-state index contributed by atoms with van der Waals surface area (Å²) in [5, 5.41) is 15.1. The van der Waals surface area contributed by atoms with Gasteiger partial charge in [0.1, 0.15) is 17.2 Å². The lowest BCUT2D eigenvalue weighted by molar-refractivity contribution is 0.250. The first kappa shape index (κ1) is 27.2. The number of hydrogen-bond acceptors (Lipinski definition) is 10. The number of H-pyrrole nitrogens is 1. The largest absolute Gasteiger partial charge is 0.495 e. The van der Waals surface area contributed by atoms with Crippen molar-refractivity contribution < 1.29 is 27.2 Å². The van der Waals surface area contributed by atoms with Gasteiger partial charge in [-0.25, -0.2) is 8.42 Å². The minimum Gasteiger partial charge on any atom is -0.495 e. The number of likely N-dealkylation sites (N-methyl/N-ethyl adjacent to an activating group) is 1. The molecule has 2 aromatic carbocycles. The molecule has 2 aliphatic rings. The van der Waals surface area contributed by atoms with Crippen molar-refractivity contribution in [3.8, 4) is 17.2 Å². The molecular formula is C28H34N6O6S. The Bertz CT molecular complexity index is 1650. The van der Waals surface area contributed by atoms with Crippen LogP contribution in [0.4, 0.5) is 17.3 Å². The van der Waals surface area contributed by atoms with Gasteiger partial charge in [-0.1, -0.05) is 5.16 Å². The predicted molar refractivity (Wildman–Crippen MR) is 154 cm³/mol. The van der Waals surface area contributed by atoms with E-state index in [4.69, 9.17) is 18.7 Å². The van der Waals surface area contributed by atoms with E-state index in [-0.39, 0.29) is 28.1 Å². The van der Waals surface area contributed by atoms with E-state index in [2.05, 4.69) is 37.3 Å². The number of fused-ring (bicyclic) bond motifs is 1. The highest BCUT2D eigenvalue weighted by atomic mass is 32.2. The fourth-order valence-corrected chi connectivity index (χ4v) is 6.78. The third kappa shape index (κ3) is 5.38. The van der Waals surface area contributed by atoms with Crippen LogP contribution in [0, 0.1) is 0 Å². The number of aromatic nitrogens is 3. The first-order chi connectivity index (χ1) is 19.8. The standard InChI is InChI=1S/C28H34N6O6S/c1-34-9-5-6-17(15-34)18-10-24(38-3)27(25(11-18)39-4)41(35,36)33-28-19-12-23(37-2)21(13-22(19)40-32-28)29-26-14-20(30-31-26)16-7-8-16/h10-14,16-17H,5-9,15H2,1-4H3,(H,32,33)(H2,29,30,31)/t17-/m0/s1. The molecule has 2 fully saturated rings. The van der Waals surface area contributed by atoms with Crippen molar-refractivity contribution in [2.24, 2.45) is 0 Å². The number of hydrogen-bond donors (Lipinski definition) is 3. The van der Waals surface area contributed by atoms with E-state index < -0.39 is 10.0 Å². The third-order valence-electron chi connectivity index (χ3n) is 7.75. The summed E-state index contributed by atoms with van der Waals surface area (Å²) in [6.07, 6.45) is 4.39. The molecule has 4 aromatic rings. The maximum atomic E-state index is 13.8. The number of ether oxygens (including phenoxy) is 3. The van der Waals surface area contributed by atoms with Crippen LogP contribution in [-0.2, 0) is 10.0 Å². The zero-order valence-electron chi connectivity index (χ0n) is 23.5. The number of sulfonamides is 1. The average molecular weight is 583 g/mol. The van der Waals surface area contributed by atoms with Gasteiger partial charge in [-0.3, -0.25) is 9.82 Å². The van der Waals surface area contributed by atoms with Crippen molar-refractivity contribution >= 4 is 38.3 Å². The summed E-state index contributed by atoms with van der Waals surface area (Å²) in [6, 6.07) is 8.90. The van der Waals surface area contributed by atoms with Crippen molar-refractivity contribution in [1.29, 1.82) is 0 Å². The minimum absolute atomic E-state index is 0.0164. The SMILES string of the molecule is COc1cc2c(NS(=O)(=O)c3c(OC)cc([C@H]4CCCN(C)C4)cc3OC)noc2cc1Nc1cc(C2CC2)[nH]n1. The summed E-state index contributed by atoms with van der Waals surface area (Å²) in [5.41, 5.74) is 3.03. The number of nitrogens with one attached hydrogen (secondary N) is 3. The number of benzene rings is 2. The molecular weight excluding hydrogens is 548 g/mol. The fraction of sp³-hybridized carbons (Fsp3) is 0.429. The molecule has 41 heavy (non-hydrogen) atoms. The van der Waals surface area contributed by atoms with Crippen LogP contribution in [0.2, 0.25) is 0 Å². The normalized spacial score (nSPS) is 17.9. The Morgan fingerprint density at radius 1 is 0.976 bits per heavy atom. The highest BCUT2D eigenvalue weighted by Crippen LogP contribution is 2.42. The van der Waals surface area contributed by atoms with Gasteiger partial charge in [0.15, 0.2) is 22.1 Å². The number of methoxy groups -OCH3 is 3. The third-order valence-corrected chi connectivity index (χ3v) is 9.15. The van der Waals surface area contributed by atoms with Crippen molar-refractivity contribution in [1.82, 2.24) is 20.3 Å². The summed E-state index contributed by atoms with van der Waals surface area (Å²) < 4.78 is 52.3. The molecule has 0 amide bonds. The summed E-state index contributed by atoms with van der Waals surface area (Å²) >= 11 is 0. The van der Waals surface area contributed by atoms with Gasteiger partial charge >= 0.3 is 0 Å². The van der Waals surface area contributed by atoms with Gasteiger partial charge in [-0.2, -0.15) is 5.10 Å². The lowest BCUT2D eigenvalue weighted by Crippen LogP contribution is -2.30. The van der Waals surface area contributed by atoms with E-state index in [1.54, 1.807) is 24.3 Å². The van der Waals surface area contributed by atoms with Crippen LogP contribution in [0.3, 0.4) is 0 Å². The first-order valence-electron chi connectivity index (χ1n) is 13.6. The summed E-state index contributed by atoms with van der Waals surface area (Å²) in [4.78, 5) is 2.16. The molecule has 1 saturated carbocycles. The Hall–Kier alpha value is -3.97. The van der Waals surface area contributed by atoms with E-state index >= 15 is 0 Å². The van der Waals surface area contributed by atoms with Gasteiger partial charge in [0.25, 0.3) is 10.0 Å². The molecule has 218 valence electrons. The molecule has 3 N–H and O–H groups in total. The predicted octanol–water partition coefficient (Wildman–Crippen LogP) is 4.81. The molecule has 0 unspecified atom stereocenters. The van der Waals surface area contributed by atoms with Crippen molar-refractivity contribution in [2.75, 3.05) is 51.5 Å². The van der Waals surface area contributed by atoms with E-state index in [1.807, 2.05) is 6.07 Å². The van der Waals surface area contributed by atoms with Crippen molar-refractivity contribution in [3.63, 3.8) is 0 Å². The smallest absolute Gasteiger partial charge is 0.270 e. The molecule has 6 rings (SSSR count). The van der Waals surface area contributed by atoms with Crippen LogP contribution in [0.1, 0.15) is 48.8 Å². The summed E-state index contributed by atoms with van der Waals surface area (Å²) in [5.74, 6) is 2.31. The van der Waals surface area contributed by atoms with Crippen LogP contribution in [-0.4, -0.2) is 70.1 Å². The quantitative estimate of drug-likeness (QED) is 0.238. The second-order valence-corrected chi connectivity index (χ2v) is 12.3. The van der Waals surface area contributed by atoms with Crippen LogP contribution < -0.4 is 24.2 Å². The first-order valence-corrected chi connectivity index (χ1v) is 15.0. The van der Waals surface area contributed by atoms with Crippen molar-refractivity contribution in [2.45, 2.75) is 42.4 Å². The molecule has 1 aliphatic heterocycles. The highest BCUT2D eigenvalue weighted by Gasteiger charge is 2.30. The molecule has 12 nitrogen and oxygen atoms in total. The zero-order valence-corrected chi connectivity index (χ0v) is 24.3. The molecule has 0 spiro atoms. The van der Waals surface area contributed by atoms with Crippen LogP contribution in [0.15, 0.2) is 39.8 Å². The molecule has 1 saturated heterocycles. The van der Waals surface area contributed by atoms with Gasteiger partial charge in [0, 0.05) is 30.3 Å². The summed E-state index contributed by atoms with van der Waals surface area (Å²) in [6.45, 7) is 1.92. The Morgan fingerprint density at radius 3 is 2.37 bits per heavy atom. The maximum Gasteiger partial charge on any atom is 0.270 e. The molecule has 13 heteroatoms. The zero-order chi connectivity index (χ0) is 28.7. The Kier molecular flexibility index (Phi) is 7.16. The lowest BCUT2D eigenvalue weighted by Gasteiger charge is -2.30. The fourth-order valence-electron chi connectivity index (χ4n) is 5.46. The Balaban J connectivity index is 1.31. The molecule has 1 aliphatic carbocycles. The number of rotatable bonds is 10. The number of aromatic amines is 1. The van der Waals surface area contributed by atoms with Crippen molar-refractivity contribution in [3.05, 3.63) is 41.6 Å². The Labute approximate surface area is 238 Å². The number of anilines is 3. The van der Waals surface area contributed by atoms with Gasteiger partial charge in [0.05, 0.1) is 32.4 Å². The topological polar surface area (TPSA) is 144 Å². The second-order valence-electron chi connectivity index (χ2n) is 10.6. The van der Waals surface area contributed by atoms with E-state index in [1.165, 1.54) is 21.3 Å². The van der Waals surface area contributed by atoms with Gasteiger partial charge in [-0.05, 0) is 69.0 Å². The maximum absolute atomic E-state index is 13.8. The second kappa shape index (κ2) is 10.8. The van der Waals surface area contributed by atoms with Gasteiger partial charge in [0.2, 0.25) is 0 Å². The number of likely N-dealkylation sites (tertiary alicyclic amines) is 1. The molecule has 1 atom stereocenters. The van der Waals surface area contributed by atoms with Gasteiger partial charge < -0.3 is 29.0 Å². The van der Waals surface area contributed by atoms with E-state index in [0.29, 0.717) is 34.1 Å². The number of nitrogens with zero attached hydrogens (tertiary/aromatic N) is 3. The molecule has 0 radical (unpaired) electrons. The summed E-state index contributed by atoms with van der Waals surface area (Å²) in [7, 11) is 2.31. The van der Waals surface area contributed by atoms with Crippen LogP contribution in [0.25, 0.3) is 11.0 Å². The monoisotopic (exact) mass is 582 g/mol. The Morgan fingerprint density at radius 2 is 1.71 bits per heavy atom. The lowest BCUT2D eigenvalue weighted by atomic mass is 9.90. The van der Waals surface area contributed by atoms with E-state index in [0.717, 1.165) is 50.0 Å². The molecule has 0 bridgehead atoms. The molecule has 3 heterocycles. The van der Waals surface area contributed by atoms with Crippen LogP contribution >= 0.6 is 0 Å². The van der Waals surface area contributed by atoms with E-state index in [9.17, 15) is 8.42 Å². The molecule has 2 aromatic heterocycles. The highest BCUT2D eigenvalue weighted by molar-refractivity contribution is 7.93. The van der Waals surface area contributed by atoms with Gasteiger partial charge in [-0.15, -0.1) is 0 Å². The minimum atomic E-state index is -4.20. The average Bonchev–Trinajstić information content (AvgIpc) is 3.61. The van der Waals surface area contributed by atoms with Crippen LogP contribution in [0.5, 0.6) is 17.2 Å². The number of piperidine rings is 1.